The molecule has 0 spiro atoms. The quantitative estimate of drug-likeness (QED) is 0.809. The summed E-state index contributed by atoms with van der Waals surface area (Å²) in [6.45, 7) is 6.40. The first-order valence-electron chi connectivity index (χ1n) is 6.09. The minimum Gasteiger partial charge on any atom is -0.343 e. The number of rotatable bonds is 5. The number of hydrogen-bond acceptors (Lipinski definition) is 5. The van der Waals surface area contributed by atoms with Crippen LogP contribution < -0.4 is 5.32 Å². The monoisotopic (exact) mass is 224 g/mol. The Morgan fingerprint density at radius 3 is 2.94 bits per heavy atom. The molecule has 0 saturated carbocycles. The first kappa shape index (κ1) is 11.5. The molecule has 5 nitrogen and oxygen atoms in total. The summed E-state index contributed by atoms with van der Waals surface area (Å²) in [6.07, 6.45) is 5.05. The van der Waals surface area contributed by atoms with E-state index in [0.29, 0.717) is 6.04 Å². The minimum absolute atomic E-state index is 0.696. The molecule has 0 atom stereocenters. The van der Waals surface area contributed by atoms with Crippen molar-refractivity contribution < 1.29 is 4.52 Å². The van der Waals surface area contributed by atoms with Crippen molar-refractivity contribution in [2.24, 2.45) is 0 Å². The van der Waals surface area contributed by atoms with Crippen molar-refractivity contribution in [2.75, 3.05) is 19.6 Å². The summed E-state index contributed by atoms with van der Waals surface area (Å²) < 4.78 is 4.73. The maximum absolute atomic E-state index is 4.73. The Bertz CT molecular complexity index is 280. The van der Waals surface area contributed by atoms with Gasteiger partial charge in [0.25, 0.3) is 0 Å². The van der Waals surface area contributed by atoms with Gasteiger partial charge in [-0.05, 0) is 25.8 Å². The fourth-order valence-electron chi connectivity index (χ4n) is 2.11. The smallest absolute Gasteiger partial charge is 0.213 e. The van der Waals surface area contributed by atoms with Crippen molar-refractivity contribution in [3.63, 3.8) is 0 Å². The van der Waals surface area contributed by atoms with Gasteiger partial charge >= 0.3 is 0 Å². The van der Waals surface area contributed by atoms with Gasteiger partial charge in [0.1, 0.15) is 0 Å². The predicted molar refractivity (Wildman–Crippen MR) is 60.9 cm³/mol. The van der Waals surface area contributed by atoms with Crippen molar-refractivity contribution >= 4 is 0 Å². The SMILES string of the molecule is CCCNC1CCN(Cc2ncon2)CC1. The van der Waals surface area contributed by atoms with E-state index in [1.54, 1.807) is 0 Å². The van der Waals surface area contributed by atoms with Gasteiger partial charge in [-0.3, -0.25) is 4.90 Å². The van der Waals surface area contributed by atoms with Gasteiger partial charge in [-0.15, -0.1) is 0 Å². The van der Waals surface area contributed by atoms with E-state index < -0.39 is 0 Å². The van der Waals surface area contributed by atoms with E-state index >= 15 is 0 Å². The molecule has 2 heterocycles. The molecule has 2 rings (SSSR count). The number of aromatic nitrogens is 2. The van der Waals surface area contributed by atoms with Crippen LogP contribution in [0.25, 0.3) is 0 Å². The van der Waals surface area contributed by atoms with Crippen LogP contribution in [0.4, 0.5) is 0 Å². The lowest BCUT2D eigenvalue weighted by atomic mass is 10.1. The fraction of sp³-hybridized carbons (Fsp3) is 0.818. The molecule has 1 aliphatic heterocycles. The van der Waals surface area contributed by atoms with Crippen molar-refractivity contribution in [3.8, 4) is 0 Å². The molecule has 5 heteroatoms. The van der Waals surface area contributed by atoms with Gasteiger partial charge in [-0.25, -0.2) is 0 Å². The third kappa shape index (κ3) is 3.28. The average Bonchev–Trinajstić information content (AvgIpc) is 2.81. The molecule has 1 aromatic rings. The van der Waals surface area contributed by atoms with Gasteiger partial charge in [0, 0.05) is 19.1 Å². The Hall–Kier alpha value is -0.940. The van der Waals surface area contributed by atoms with Crippen molar-refractivity contribution in [1.82, 2.24) is 20.4 Å². The van der Waals surface area contributed by atoms with Gasteiger partial charge in [0.15, 0.2) is 5.82 Å². The Morgan fingerprint density at radius 1 is 1.50 bits per heavy atom. The summed E-state index contributed by atoms with van der Waals surface area (Å²) in [4.78, 5) is 6.43. The molecule has 1 saturated heterocycles. The van der Waals surface area contributed by atoms with Gasteiger partial charge < -0.3 is 9.84 Å². The zero-order valence-electron chi connectivity index (χ0n) is 9.85. The third-order valence-electron chi connectivity index (χ3n) is 3.04. The Balaban J connectivity index is 1.69. The zero-order chi connectivity index (χ0) is 11.2. The predicted octanol–water partition coefficient (Wildman–Crippen LogP) is 1.03. The van der Waals surface area contributed by atoms with Crippen LogP contribution in [0.3, 0.4) is 0 Å². The molecule has 0 aromatic carbocycles. The van der Waals surface area contributed by atoms with Crippen LogP contribution in [0.5, 0.6) is 0 Å². The summed E-state index contributed by atoms with van der Waals surface area (Å²) in [7, 11) is 0. The fourth-order valence-corrected chi connectivity index (χ4v) is 2.11. The van der Waals surface area contributed by atoms with Crippen molar-refractivity contribution in [3.05, 3.63) is 12.2 Å². The highest BCUT2D eigenvalue weighted by atomic mass is 16.5. The summed E-state index contributed by atoms with van der Waals surface area (Å²) in [6, 6.07) is 0.696. The van der Waals surface area contributed by atoms with Crippen molar-refractivity contribution in [1.29, 1.82) is 0 Å². The summed E-state index contributed by atoms with van der Waals surface area (Å²) in [5.41, 5.74) is 0. The van der Waals surface area contributed by atoms with Crippen molar-refractivity contribution in [2.45, 2.75) is 38.8 Å². The first-order chi connectivity index (χ1) is 7.88. The van der Waals surface area contributed by atoms with Crippen LogP contribution in [0.1, 0.15) is 32.0 Å². The molecular weight excluding hydrogens is 204 g/mol. The van der Waals surface area contributed by atoms with Crippen LogP contribution >= 0.6 is 0 Å². The van der Waals surface area contributed by atoms with E-state index in [1.807, 2.05) is 0 Å². The van der Waals surface area contributed by atoms with Crippen LogP contribution in [-0.2, 0) is 6.54 Å². The highest BCUT2D eigenvalue weighted by Gasteiger charge is 2.19. The first-order valence-corrected chi connectivity index (χ1v) is 6.09. The van der Waals surface area contributed by atoms with Gasteiger partial charge in [0.05, 0.1) is 6.54 Å². The Kier molecular flexibility index (Phi) is 4.30. The van der Waals surface area contributed by atoms with Crippen LogP contribution in [0.2, 0.25) is 0 Å². The molecule has 0 unspecified atom stereocenters. The van der Waals surface area contributed by atoms with Crippen LogP contribution in [0, 0.1) is 0 Å². The third-order valence-corrected chi connectivity index (χ3v) is 3.04. The largest absolute Gasteiger partial charge is 0.343 e. The van der Waals surface area contributed by atoms with E-state index in [1.165, 1.54) is 25.7 Å². The second kappa shape index (κ2) is 5.96. The van der Waals surface area contributed by atoms with E-state index in [9.17, 15) is 0 Å². The lowest BCUT2D eigenvalue weighted by molar-refractivity contribution is 0.185. The molecule has 1 N–H and O–H groups in total. The molecule has 0 aliphatic carbocycles. The summed E-state index contributed by atoms with van der Waals surface area (Å²) in [5.74, 6) is 0.792. The topological polar surface area (TPSA) is 54.2 Å². The van der Waals surface area contributed by atoms with E-state index in [-0.39, 0.29) is 0 Å². The molecular formula is C11H20N4O. The molecule has 0 amide bonds. The number of likely N-dealkylation sites (tertiary alicyclic amines) is 1. The second-order valence-corrected chi connectivity index (χ2v) is 4.35. The standard InChI is InChI=1S/C11H20N4O/c1-2-5-12-10-3-6-15(7-4-10)8-11-13-9-16-14-11/h9-10,12H,2-8H2,1H3. The highest BCUT2D eigenvalue weighted by Crippen LogP contribution is 2.12. The molecule has 0 bridgehead atoms. The summed E-state index contributed by atoms with van der Waals surface area (Å²) in [5, 5.41) is 7.41. The molecule has 1 aromatic heterocycles. The Labute approximate surface area is 96.2 Å². The van der Waals surface area contributed by atoms with E-state index in [0.717, 1.165) is 32.0 Å². The molecule has 1 fully saturated rings. The average molecular weight is 224 g/mol. The number of nitrogens with zero attached hydrogens (tertiary/aromatic N) is 3. The van der Waals surface area contributed by atoms with Crippen LogP contribution in [0.15, 0.2) is 10.9 Å². The molecule has 1 aliphatic rings. The lowest BCUT2D eigenvalue weighted by Gasteiger charge is -2.31. The summed E-state index contributed by atoms with van der Waals surface area (Å²) >= 11 is 0. The number of hydrogen-bond donors (Lipinski definition) is 1. The Morgan fingerprint density at radius 2 is 2.31 bits per heavy atom. The lowest BCUT2D eigenvalue weighted by Crippen LogP contribution is -2.42. The zero-order valence-corrected chi connectivity index (χ0v) is 9.85. The maximum atomic E-state index is 4.73. The molecule has 0 radical (unpaired) electrons. The minimum atomic E-state index is 0.696. The van der Waals surface area contributed by atoms with Gasteiger partial charge in [-0.2, -0.15) is 4.98 Å². The van der Waals surface area contributed by atoms with E-state index in [4.69, 9.17) is 4.52 Å². The second-order valence-electron chi connectivity index (χ2n) is 4.35. The van der Waals surface area contributed by atoms with E-state index in [2.05, 4.69) is 27.3 Å². The van der Waals surface area contributed by atoms with Crippen LogP contribution in [-0.4, -0.2) is 40.7 Å². The highest BCUT2D eigenvalue weighted by molar-refractivity contribution is 4.82. The molecule has 90 valence electrons. The number of piperidine rings is 1. The van der Waals surface area contributed by atoms with Gasteiger partial charge in [0.2, 0.25) is 6.39 Å². The van der Waals surface area contributed by atoms with Gasteiger partial charge in [-0.1, -0.05) is 12.1 Å². The maximum Gasteiger partial charge on any atom is 0.213 e. The molecule has 16 heavy (non-hydrogen) atoms. The number of nitrogens with one attached hydrogen (secondary N) is 1. The normalized spacial score (nSPS) is 19.1.